The molecule has 23 heavy (non-hydrogen) atoms. The first-order valence-corrected chi connectivity index (χ1v) is 7.44. The van der Waals surface area contributed by atoms with Crippen LogP contribution < -0.4 is 10.5 Å². The molecule has 2 aromatic carbocycles. The number of fused-ring (bicyclic) bond motifs is 1. The topological polar surface area (TPSA) is 77.3 Å². The molecule has 1 heterocycles. The molecule has 0 atom stereocenters. The second-order valence-corrected chi connectivity index (χ2v) is 5.12. The summed E-state index contributed by atoms with van der Waals surface area (Å²) in [6, 6.07) is 15.4. The van der Waals surface area contributed by atoms with E-state index in [0.29, 0.717) is 24.7 Å². The minimum atomic E-state index is -0.451. The summed E-state index contributed by atoms with van der Waals surface area (Å²) in [7, 11) is 0. The van der Waals surface area contributed by atoms with Crippen molar-refractivity contribution in [3.63, 3.8) is 0 Å². The number of rotatable bonds is 5. The Morgan fingerprint density at radius 2 is 1.96 bits per heavy atom. The minimum Gasteiger partial charge on any atom is -0.489 e. The third kappa shape index (κ3) is 3.13. The zero-order chi connectivity index (χ0) is 16.2. The van der Waals surface area contributed by atoms with Gasteiger partial charge in [0, 0.05) is 10.9 Å². The van der Waals surface area contributed by atoms with Crippen LogP contribution in [-0.2, 0) is 11.3 Å². The molecule has 0 radical (unpaired) electrons. The number of carbonyl (C=O) groups excluding carboxylic acids is 1. The number of H-pyrrole nitrogens is 1. The first-order valence-electron chi connectivity index (χ1n) is 7.44. The van der Waals surface area contributed by atoms with Gasteiger partial charge in [0.1, 0.15) is 18.1 Å². The number of nitrogen functional groups attached to an aromatic ring is 1. The zero-order valence-corrected chi connectivity index (χ0v) is 12.8. The molecule has 0 aliphatic heterocycles. The molecular weight excluding hydrogens is 292 g/mol. The second kappa shape index (κ2) is 6.44. The summed E-state index contributed by atoms with van der Waals surface area (Å²) < 4.78 is 10.8. The van der Waals surface area contributed by atoms with Gasteiger partial charge in [0.15, 0.2) is 0 Å². The van der Waals surface area contributed by atoms with E-state index >= 15 is 0 Å². The van der Waals surface area contributed by atoms with Crippen LogP contribution in [0.4, 0.5) is 5.69 Å². The largest absolute Gasteiger partial charge is 0.489 e. The highest BCUT2D eigenvalue weighted by Gasteiger charge is 2.17. The highest BCUT2D eigenvalue weighted by Crippen LogP contribution is 2.29. The van der Waals surface area contributed by atoms with E-state index in [4.69, 9.17) is 15.2 Å². The number of ether oxygens (including phenoxy) is 2. The first-order chi connectivity index (χ1) is 11.2. The molecule has 1 aromatic heterocycles. The van der Waals surface area contributed by atoms with E-state index in [1.807, 2.05) is 48.5 Å². The lowest BCUT2D eigenvalue weighted by atomic mass is 10.2. The van der Waals surface area contributed by atoms with Crippen LogP contribution in [0, 0.1) is 0 Å². The van der Waals surface area contributed by atoms with Crippen molar-refractivity contribution < 1.29 is 14.3 Å². The lowest BCUT2D eigenvalue weighted by Gasteiger charge is -2.06. The molecule has 5 heteroatoms. The van der Waals surface area contributed by atoms with Crippen molar-refractivity contribution in [1.82, 2.24) is 4.98 Å². The Morgan fingerprint density at radius 3 is 2.70 bits per heavy atom. The smallest absolute Gasteiger partial charge is 0.356 e. The molecule has 3 aromatic rings. The summed E-state index contributed by atoms with van der Waals surface area (Å²) in [5, 5.41) is 0.749. The lowest BCUT2D eigenvalue weighted by Crippen LogP contribution is -2.07. The molecule has 118 valence electrons. The molecule has 0 aliphatic carbocycles. The number of hydrogen-bond donors (Lipinski definition) is 2. The number of nitrogens with one attached hydrogen (secondary N) is 1. The highest BCUT2D eigenvalue weighted by atomic mass is 16.5. The van der Waals surface area contributed by atoms with Crippen LogP contribution in [0.3, 0.4) is 0 Å². The average Bonchev–Trinajstić information content (AvgIpc) is 2.91. The molecule has 5 nitrogen and oxygen atoms in total. The number of esters is 1. The highest BCUT2D eigenvalue weighted by molar-refractivity contribution is 6.05. The molecule has 0 saturated carbocycles. The number of anilines is 1. The minimum absolute atomic E-state index is 0.280. The van der Waals surface area contributed by atoms with E-state index in [9.17, 15) is 4.79 Å². The first kappa shape index (κ1) is 15.0. The summed E-state index contributed by atoms with van der Waals surface area (Å²) >= 11 is 0. The van der Waals surface area contributed by atoms with Crippen LogP contribution in [0.2, 0.25) is 0 Å². The van der Waals surface area contributed by atoms with Gasteiger partial charge in [-0.25, -0.2) is 4.79 Å². The van der Waals surface area contributed by atoms with Crippen LogP contribution in [0.5, 0.6) is 5.75 Å². The predicted octanol–water partition coefficient (Wildman–Crippen LogP) is 3.51. The Morgan fingerprint density at radius 1 is 1.17 bits per heavy atom. The third-order valence-electron chi connectivity index (χ3n) is 3.54. The summed E-state index contributed by atoms with van der Waals surface area (Å²) in [6.45, 7) is 2.53. The zero-order valence-electron chi connectivity index (χ0n) is 12.8. The monoisotopic (exact) mass is 310 g/mol. The Bertz CT molecular complexity index is 825. The lowest BCUT2D eigenvalue weighted by molar-refractivity contribution is 0.0522. The van der Waals surface area contributed by atoms with Gasteiger partial charge in [-0.3, -0.25) is 0 Å². The van der Waals surface area contributed by atoms with Crippen molar-refractivity contribution in [2.75, 3.05) is 12.3 Å². The van der Waals surface area contributed by atoms with Gasteiger partial charge in [0.25, 0.3) is 0 Å². The Labute approximate surface area is 134 Å². The van der Waals surface area contributed by atoms with Gasteiger partial charge < -0.3 is 20.2 Å². The van der Waals surface area contributed by atoms with E-state index in [1.54, 1.807) is 6.92 Å². The summed E-state index contributed by atoms with van der Waals surface area (Å²) in [4.78, 5) is 14.9. The number of benzene rings is 2. The molecule has 0 spiro atoms. The molecule has 0 aliphatic rings. The molecular formula is C18H18N2O3. The van der Waals surface area contributed by atoms with Gasteiger partial charge in [-0.15, -0.1) is 0 Å². The van der Waals surface area contributed by atoms with E-state index in [1.165, 1.54) is 0 Å². The molecule has 0 fully saturated rings. The van der Waals surface area contributed by atoms with Gasteiger partial charge in [-0.05, 0) is 30.7 Å². The van der Waals surface area contributed by atoms with E-state index in [2.05, 4.69) is 4.98 Å². The Hall–Kier alpha value is -2.95. The molecule has 3 N–H and O–H groups in total. The van der Waals surface area contributed by atoms with Crippen molar-refractivity contribution in [2.24, 2.45) is 0 Å². The predicted molar refractivity (Wildman–Crippen MR) is 89.4 cm³/mol. The Balaban J connectivity index is 1.84. The van der Waals surface area contributed by atoms with Crippen molar-refractivity contribution >= 4 is 22.6 Å². The number of nitrogens with two attached hydrogens (primary N) is 1. The molecule has 0 saturated heterocycles. The fraction of sp³-hybridized carbons (Fsp3) is 0.167. The van der Waals surface area contributed by atoms with Crippen LogP contribution in [-0.4, -0.2) is 17.6 Å². The van der Waals surface area contributed by atoms with Gasteiger partial charge in [0.2, 0.25) is 0 Å². The maximum atomic E-state index is 11.9. The number of carbonyl (C=O) groups is 1. The summed E-state index contributed by atoms with van der Waals surface area (Å²) in [5.41, 5.74) is 8.58. The fourth-order valence-electron chi connectivity index (χ4n) is 2.39. The normalized spacial score (nSPS) is 10.7. The van der Waals surface area contributed by atoms with E-state index in [0.717, 1.165) is 16.5 Å². The van der Waals surface area contributed by atoms with Gasteiger partial charge in [-0.1, -0.05) is 30.3 Å². The third-order valence-corrected chi connectivity index (χ3v) is 3.54. The van der Waals surface area contributed by atoms with Crippen molar-refractivity contribution in [3.05, 3.63) is 59.8 Å². The number of aromatic amines is 1. The summed E-state index contributed by atoms with van der Waals surface area (Å²) in [6.07, 6.45) is 0. The van der Waals surface area contributed by atoms with Crippen molar-refractivity contribution in [1.29, 1.82) is 0 Å². The van der Waals surface area contributed by atoms with Gasteiger partial charge in [-0.2, -0.15) is 0 Å². The van der Waals surface area contributed by atoms with Crippen LogP contribution >= 0.6 is 0 Å². The maximum absolute atomic E-state index is 11.9. The van der Waals surface area contributed by atoms with E-state index < -0.39 is 5.97 Å². The van der Waals surface area contributed by atoms with Crippen molar-refractivity contribution in [3.8, 4) is 5.75 Å². The summed E-state index contributed by atoms with van der Waals surface area (Å²) in [5.74, 6) is 0.246. The van der Waals surface area contributed by atoms with Crippen LogP contribution in [0.1, 0.15) is 23.0 Å². The quantitative estimate of drug-likeness (QED) is 0.707. The van der Waals surface area contributed by atoms with Crippen LogP contribution in [0.25, 0.3) is 10.9 Å². The number of hydrogen-bond acceptors (Lipinski definition) is 4. The van der Waals surface area contributed by atoms with Crippen molar-refractivity contribution in [2.45, 2.75) is 13.5 Å². The fourth-order valence-corrected chi connectivity index (χ4v) is 2.39. The maximum Gasteiger partial charge on any atom is 0.356 e. The molecule has 0 unspecified atom stereocenters. The number of aromatic nitrogens is 1. The molecule has 3 rings (SSSR count). The molecule has 0 amide bonds. The average molecular weight is 310 g/mol. The van der Waals surface area contributed by atoms with E-state index in [-0.39, 0.29) is 5.69 Å². The Kier molecular flexibility index (Phi) is 4.19. The van der Waals surface area contributed by atoms with Gasteiger partial charge >= 0.3 is 5.97 Å². The molecule has 0 bridgehead atoms. The standard InChI is InChI=1S/C18H18N2O3/c1-2-22-18(21)17-16(19)14-10-13(8-9-15(14)20-17)23-11-12-6-4-3-5-7-12/h3-10,20H,2,11,19H2,1H3. The van der Waals surface area contributed by atoms with Gasteiger partial charge in [0.05, 0.1) is 12.3 Å². The van der Waals surface area contributed by atoms with Crippen LogP contribution in [0.15, 0.2) is 48.5 Å². The second-order valence-electron chi connectivity index (χ2n) is 5.12. The SMILES string of the molecule is CCOC(=O)c1[nH]c2ccc(OCc3ccccc3)cc2c1N.